The topological polar surface area (TPSA) is 49.7 Å². The van der Waals surface area contributed by atoms with Crippen LogP contribution in [0.5, 0.6) is 5.75 Å². The smallest absolute Gasteiger partial charge is 0.192 e. The minimum absolute atomic E-state index is 0.00948. The van der Waals surface area contributed by atoms with Gasteiger partial charge in [0.05, 0.1) is 24.8 Å². The molecule has 6 heteroatoms. The lowest BCUT2D eigenvalue weighted by molar-refractivity contribution is 0.129. The molecule has 0 aromatic heterocycles. The summed E-state index contributed by atoms with van der Waals surface area (Å²) >= 11 is 3.47. The Bertz CT molecular complexity index is 924. The van der Waals surface area contributed by atoms with Crippen LogP contribution in [0.2, 0.25) is 37.3 Å². The predicted molar refractivity (Wildman–Crippen MR) is 143 cm³/mol. The number of hydrogen-bond donors (Lipinski definition) is 2. The number of phenolic OH excluding ortho intramolecular Hbond substituents is 1. The van der Waals surface area contributed by atoms with E-state index in [1.54, 1.807) is 0 Å². The highest BCUT2D eigenvalue weighted by molar-refractivity contribution is 9.10. The van der Waals surface area contributed by atoms with Gasteiger partial charge in [0.25, 0.3) is 0 Å². The standard InChI is InChI=1S/C26H39BrO3Si2/c1-26(2,3)32(6,7)30-23-16-22(28)24(19-14-11-15-21(27)25(19)29)20(23)17-31(4,5)18-12-9-8-10-13-18/h8-15,20,22-24,28-29H,16-17H2,1-7H3. The summed E-state index contributed by atoms with van der Waals surface area (Å²) in [5.74, 6) is 0.257. The molecule has 0 saturated heterocycles. The van der Waals surface area contributed by atoms with Gasteiger partial charge in [0, 0.05) is 11.5 Å². The number of para-hydroxylation sites is 1. The van der Waals surface area contributed by atoms with E-state index in [-0.39, 0.29) is 28.7 Å². The molecular weight excluding hydrogens is 496 g/mol. The van der Waals surface area contributed by atoms with Gasteiger partial charge in [-0.25, -0.2) is 0 Å². The normalized spacial score (nSPS) is 24.7. The summed E-state index contributed by atoms with van der Waals surface area (Å²) in [7, 11) is -3.83. The lowest BCUT2D eigenvalue weighted by Gasteiger charge is -2.41. The number of aliphatic hydroxyl groups excluding tert-OH is 1. The van der Waals surface area contributed by atoms with Gasteiger partial charge in [-0.15, -0.1) is 0 Å². The fraction of sp³-hybridized carbons (Fsp3) is 0.538. The van der Waals surface area contributed by atoms with Gasteiger partial charge in [-0.05, 0) is 58.5 Å². The van der Waals surface area contributed by atoms with Crippen molar-refractivity contribution < 1.29 is 14.6 Å². The first-order valence-electron chi connectivity index (χ1n) is 11.6. The number of rotatable bonds is 6. The summed E-state index contributed by atoms with van der Waals surface area (Å²) in [6.07, 6.45) is 0.0767. The Labute approximate surface area is 204 Å². The lowest BCUT2D eigenvalue weighted by atomic mass is 9.87. The largest absolute Gasteiger partial charge is 0.506 e. The SMILES string of the molecule is CC(C)(C)[Si](C)(C)OC1CC(O)C(c2cccc(Br)c2O)C1C[Si](C)(C)c1ccccc1. The van der Waals surface area contributed by atoms with Crippen molar-refractivity contribution in [3.63, 3.8) is 0 Å². The molecule has 1 saturated carbocycles. The van der Waals surface area contributed by atoms with Gasteiger partial charge in [-0.2, -0.15) is 0 Å². The van der Waals surface area contributed by atoms with Gasteiger partial charge in [0.1, 0.15) is 5.75 Å². The maximum absolute atomic E-state index is 11.3. The van der Waals surface area contributed by atoms with E-state index < -0.39 is 22.5 Å². The molecule has 4 atom stereocenters. The van der Waals surface area contributed by atoms with Crippen LogP contribution in [0.25, 0.3) is 0 Å². The number of halogens is 1. The Balaban J connectivity index is 2.03. The molecule has 1 fully saturated rings. The minimum Gasteiger partial charge on any atom is -0.506 e. The first-order chi connectivity index (χ1) is 14.7. The Hall–Kier alpha value is -0.926. The van der Waals surface area contributed by atoms with Crippen LogP contribution in [0.4, 0.5) is 0 Å². The molecule has 2 N–H and O–H groups in total. The monoisotopic (exact) mass is 534 g/mol. The molecule has 3 rings (SSSR count). The van der Waals surface area contributed by atoms with Gasteiger partial charge in [0.2, 0.25) is 0 Å². The molecular formula is C26H39BrO3Si2. The van der Waals surface area contributed by atoms with Gasteiger partial charge >= 0.3 is 0 Å². The van der Waals surface area contributed by atoms with Gasteiger partial charge in [-0.1, -0.05) is 81.5 Å². The van der Waals surface area contributed by atoms with Crippen LogP contribution in [0.1, 0.15) is 38.7 Å². The lowest BCUT2D eigenvalue weighted by Crippen LogP contribution is -2.48. The van der Waals surface area contributed by atoms with E-state index in [1.165, 1.54) is 5.19 Å². The number of aliphatic hydroxyl groups is 1. The van der Waals surface area contributed by atoms with E-state index in [1.807, 2.05) is 18.2 Å². The molecule has 0 heterocycles. The van der Waals surface area contributed by atoms with Gasteiger partial charge in [0.15, 0.2) is 8.32 Å². The molecule has 2 aromatic carbocycles. The van der Waals surface area contributed by atoms with Crippen molar-refractivity contribution in [3.05, 3.63) is 58.6 Å². The molecule has 2 aromatic rings. The van der Waals surface area contributed by atoms with Crippen LogP contribution in [0, 0.1) is 5.92 Å². The van der Waals surface area contributed by atoms with Gasteiger partial charge in [-0.3, -0.25) is 0 Å². The molecule has 0 bridgehead atoms. The highest BCUT2D eigenvalue weighted by atomic mass is 79.9. The molecule has 0 spiro atoms. The van der Waals surface area contributed by atoms with Gasteiger partial charge < -0.3 is 14.6 Å². The zero-order valence-corrected chi connectivity index (χ0v) is 24.1. The molecule has 4 unspecified atom stereocenters. The fourth-order valence-electron chi connectivity index (χ4n) is 4.86. The van der Waals surface area contributed by atoms with Crippen molar-refractivity contribution in [3.8, 4) is 5.75 Å². The van der Waals surface area contributed by atoms with E-state index in [0.29, 0.717) is 10.9 Å². The van der Waals surface area contributed by atoms with Crippen LogP contribution >= 0.6 is 15.9 Å². The number of benzene rings is 2. The second-order valence-corrected chi connectivity index (χ2v) is 21.9. The second-order valence-electron chi connectivity index (χ2n) is 11.5. The summed E-state index contributed by atoms with van der Waals surface area (Å²) < 4.78 is 7.63. The molecule has 0 radical (unpaired) electrons. The zero-order valence-electron chi connectivity index (χ0n) is 20.5. The van der Waals surface area contributed by atoms with E-state index in [4.69, 9.17) is 4.43 Å². The zero-order chi connectivity index (χ0) is 23.9. The van der Waals surface area contributed by atoms with Crippen molar-refractivity contribution in [1.29, 1.82) is 0 Å². The number of hydrogen-bond acceptors (Lipinski definition) is 3. The number of aromatic hydroxyl groups is 1. The molecule has 3 nitrogen and oxygen atoms in total. The highest BCUT2D eigenvalue weighted by Gasteiger charge is 2.50. The first-order valence-corrected chi connectivity index (χ1v) is 18.5. The third-order valence-electron chi connectivity index (χ3n) is 7.76. The Morgan fingerprint density at radius 1 is 1.00 bits per heavy atom. The summed E-state index contributed by atoms with van der Waals surface area (Å²) in [6.45, 7) is 16.2. The summed E-state index contributed by atoms with van der Waals surface area (Å²) in [4.78, 5) is 0. The minimum atomic E-state index is -2.02. The van der Waals surface area contributed by atoms with E-state index >= 15 is 0 Å². The van der Waals surface area contributed by atoms with Crippen LogP contribution < -0.4 is 5.19 Å². The molecule has 32 heavy (non-hydrogen) atoms. The Kier molecular flexibility index (Phi) is 7.53. The van der Waals surface area contributed by atoms with Crippen LogP contribution in [-0.2, 0) is 4.43 Å². The predicted octanol–water partition coefficient (Wildman–Crippen LogP) is 6.63. The Morgan fingerprint density at radius 2 is 1.62 bits per heavy atom. The summed E-state index contributed by atoms with van der Waals surface area (Å²) in [5.41, 5.74) is 0.830. The molecule has 1 aliphatic carbocycles. The van der Waals surface area contributed by atoms with Crippen LogP contribution in [0.15, 0.2) is 53.0 Å². The highest BCUT2D eigenvalue weighted by Crippen LogP contribution is 2.51. The molecule has 0 aliphatic heterocycles. The third kappa shape index (κ3) is 5.25. The van der Waals surface area contributed by atoms with Crippen molar-refractivity contribution in [2.45, 2.75) is 82.6 Å². The second kappa shape index (κ2) is 9.37. The quantitative estimate of drug-likeness (QED) is 0.409. The maximum atomic E-state index is 11.3. The fourth-order valence-corrected chi connectivity index (χ4v) is 9.65. The van der Waals surface area contributed by atoms with E-state index in [0.717, 1.165) is 11.6 Å². The van der Waals surface area contributed by atoms with Crippen LogP contribution in [0.3, 0.4) is 0 Å². The molecule has 0 amide bonds. The van der Waals surface area contributed by atoms with Crippen molar-refractivity contribution >= 4 is 37.5 Å². The molecule has 176 valence electrons. The maximum Gasteiger partial charge on any atom is 0.192 e. The average Bonchev–Trinajstić information content (AvgIpc) is 2.97. The molecule has 1 aliphatic rings. The van der Waals surface area contributed by atoms with Crippen molar-refractivity contribution in [2.75, 3.05) is 0 Å². The number of phenols is 1. The van der Waals surface area contributed by atoms with Crippen molar-refractivity contribution in [2.24, 2.45) is 5.92 Å². The first kappa shape index (κ1) is 25.7. The summed E-state index contributed by atoms with van der Waals surface area (Å²) in [6, 6.07) is 17.6. The Morgan fingerprint density at radius 3 is 2.22 bits per heavy atom. The van der Waals surface area contributed by atoms with Crippen LogP contribution in [-0.4, -0.2) is 38.8 Å². The van der Waals surface area contributed by atoms with Crippen molar-refractivity contribution in [1.82, 2.24) is 0 Å². The average molecular weight is 536 g/mol. The summed E-state index contributed by atoms with van der Waals surface area (Å²) in [5, 5.41) is 23.7. The van der Waals surface area contributed by atoms with E-state index in [9.17, 15) is 10.2 Å². The van der Waals surface area contributed by atoms with E-state index in [2.05, 4.69) is 93.2 Å². The third-order valence-corrected chi connectivity index (χ3v) is 16.3.